The van der Waals surface area contributed by atoms with E-state index in [1.54, 1.807) is 16.8 Å². The fraction of sp³-hybridized carbons (Fsp3) is 0.867. The normalized spacial score (nSPS) is 30.5. The standard InChI is InChI=1S/C15H27N3O2/c1-15(2)14(20)17(3)8-9-18(15)13(19)12-6-4-11(10-16)5-7-12/h11-12H,4-10,16H2,1-3H3. The van der Waals surface area contributed by atoms with Crippen LogP contribution in [0.1, 0.15) is 39.5 Å². The summed E-state index contributed by atoms with van der Waals surface area (Å²) in [6.45, 7) is 5.71. The van der Waals surface area contributed by atoms with Crippen molar-refractivity contribution in [3.63, 3.8) is 0 Å². The minimum Gasteiger partial charge on any atom is -0.342 e. The number of nitrogens with two attached hydrogens (primary N) is 1. The molecule has 2 aliphatic rings. The van der Waals surface area contributed by atoms with E-state index in [-0.39, 0.29) is 17.7 Å². The highest BCUT2D eigenvalue weighted by Gasteiger charge is 2.44. The van der Waals surface area contributed by atoms with Gasteiger partial charge >= 0.3 is 0 Å². The van der Waals surface area contributed by atoms with E-state index in [0.29, 0.717) is 19.0 Å². The molecule has 0 aromatic heterocycles. The zero-order valence-electron chi connectivity index (χ0n) is 12.9. The lowest BCUT2D eigenvalue weighted by Gasteiger charge is -2.46. The molecule has 114 valence electrons. The summed E-state index contributed by atoms with van der Waals surface area (Å²) in [5.74, 6) is 0.842. The van der Waals surface area contributed by atoms with Gasteiger partial charge in [-0.25, -0.2) is 0 Å². The van der Waals surface area contributed by atoms with E-state index < -0.39 is 5.54 Å². The lowest BCUT2D eigenvalue weighted by atomic mass is 9.80. The largest absolute Gasteiger partial charge is 0.342 e. The quantitative estimate of drug-likeness (QED) is 0.815. The molecule has 1 saturated heterocycles. The Labute approximate surface area is 121 Å². The number of hydrogen-bond donors (Lipinski definition) is 1. The maximum Gasteiger partial charge on any atom is 0.247 e. The lowest BCUT2D eigenvalue weighted by molar-refractivity contribution is -0.160. The average Bonchev–Trinajstić information content (AvgIpc) is 2.44. The van der Waals surface area contributed by atoms with Gasteiger partial charge in [0.15, 0.2) is 0 Å². The first-order chi connectivity index (χ1) is 9.37. The van der Waals surface area contributed by atoms with Crippen molar-refractivity contribution in [2.75, 3.05) is 26.7 Å². The van der Waals surface area contributed by atoms with Crippen molar-refractivity contribution in [1.82, 2.24) is 9.80 Å². The average molecular weight is 281 g/mol. The molecular weight excluding hydrogens is 254 g/mol. The third-order valence-electron chi connectivity index (χ3n) is 5.00. The van der Waals surface area contributed by atoms with Crippen LogP contribution in [0.15, 0.2) is 0 Å². The fourth-order valence-corrected chi connectivity index (χ4v) is 3.46. The lowest BCUT2D eigenvalue weighted by Crippen LogP contribution is -2.64. The van der Waals surface area contributed by atoms with Crippen molar-refractivity contribution in [3.05, 3.63) is 0 Å². The van der Waals surface area contributed by atoms with Gasteiger partial charge < -0.3 is 15.5 Å². The number of hydrogen-bond acceptors (Lipinski definition) is 3. The van der Waals surface area contributed by atoms with Gasteiger partial charge in [-0.3, -0.25) is 9.59 Å². The molecule has 20 heavy (non-hydrogen) atoms. The smallest absolute Gasteiger partial charge is 0.247 e. The van der Waals surface area contributed by atoms with Crippen molar-refractivity contribution in [1.29, 1.82) is 0 Å². The summed E-state index contributed by atoms with van der Waals surface area (Å²) in [5, 5.41) is 0. The topological polar surface area (TPSA) is 66.6 Å². The monoisotopic (exact) mass is 281 g/mol. The molecule has 1 aliphatic carbocycles. The van der Waals surface area contributed by atoms with Gasteiger partial charge in [-0.15, -0.1) is 0 Å². The van der Waals surface area contributed by atoms with Crippen LogP contribution in [0.25, 0.3) is 0 Å². The van der Waals surface area contributed by atoms with Crippen LogP contribution in [0.2, 0.25) is 0 Å². The second-order valence-corrected chi connectivity index (χ2v) is 6.73. The molecule has 2 N–H and O–H groups in total. The summed E-state index contributed by atoms with van der Waals surface area (Å²) in [6, 6.07) is 0. The predicted octanol–water partition coefficient (Wildman–Crippen LogP) is 0.831. The van der Waals surface area contributed by atoms with Crippen LogP contribution >= 0.6 is 0 Å². The summed E-state index contributed by atoms with van der Waals surface area (Å²) in [4.78, 5) is 28.5. The Morgan fingerprint density at radius 3 is 2.40 bits per heavy atom. The molecule has 0 radical (unpaired) electrons. The highest BCUT2D eigenvalue weighted by atomic mass is 16.2. The Morgan fingerprint density at radius 1 is 1.25 bits per heavy atom. The van der Waals surface area contributed by atoms with E-state index in [9.17, 15) is 9.59 Å². The van der Waals surface area contributed by atoms with Gasteiger partial charge in [-0.05, 0) is 52.0 Å². The zero-order chi connectivity index (χ0) is 14.9. The fourth-order valence-electron chi connectivity index (χ4n) is 3.46. The van der Waals surface area contributed by atoms with Crippen LogP contribution in [0, 0.1) is 11.8 Å². The van der Waals surface area contributed by atoms with Crippen LogP contribution in [0.3, 0.4) is 0 Å². The summed E-state index contributed by atoms with van der Waals surface area (Å²) in [6.07, 6.45) is 3.90. The summed E-state index contributed by atoms with van der Waals surface area (Å²) < 4.78 is 0. The summed E-state index contributed by atoms with van der Waals surface area (Å²) >= 11 is 0. The Bertz CT molecular complexity index is 387. The van der Waals surface area contributed by atoms with Gasteiger partial charge in [0.25, 0.3) is 0 Å². The highest BCUT2D eigenvalue weighted by Crippen LogP contribution is 2.32. The van der Waals surface area contributed by atoms with Gasteiger partial charge in [0.1, 0.15) is 5.54 Å². The van der Waals surface area contributed by atoms with E-state index in [4.69, 9.17) is 5.73 Å². The van der Waals surface area contributed by atoms with Gasteiger partial charge in [0.05, 0.1) is 0 Å². The van der Waals surface area contributed by atoms with Crippen LogP contribution in [0.5, 0.6) is 0 Å². The molecule has 1 heterocycles. The van der Waals surface area contributed by atoms with E-state index in [2.05, 4.69) is 0 Å². The SMILES string of the molecule is CN1CCN(C(=O)C2CCC(CN)CC2)C(C)(C)C1=O. The van der Waals surface area contributed by atoms with Crippen LogP contribution < -0.4 is 5.73 Å². The molecule has 0 aromatic carbocycles. The number of carbonyl (C=O) groups excluding carboxylic acids is 2. The van der Waals surface area contributed by atoms with E-state index in [0.717, 1.165) is 32.2 Å². The second kappa shape index (κ2) is 5.72. The van der Waals surface area contributed by atoms with Gasteiger partial charge in [0.2, 0.25) is 11.8 Å². The number of likely N-dealkylation sites (N-methyl/N-ethyl adjacent to an activating group) is 1. The molecule has 5 heteroatoms. The predicted molar refractivity (Wildman–Crippen MR) is 77.9 cm³/mol. The number of rotatable bonds is 2. The molecule has 0 aromatic rings. The Morgan fingerprint density at radius 2 is 1.85 bits per heavy atom. The van der Waals surface area contributed by atoms with Gasteiger partial charge in [-0.2, -0.15) is 0 Å². The Balaban J connectivity index is 2.04. The molecule has 0 unspecified atom stereocenters. The van der Waals surface area contributed by atoms with Crippen molar-refractivity contribution < 1.29 is 9.59 Å². The first-order valence-corrected chi connectivity index (χ1v) is 7.65. The van der Waals surface area contributed by atoms with Crippen LogP contribution in [0.4, 0.5) is 0 Å². The minimum atomic E-state index is -0.713. The molecule has 2 amide bonds. The zero-order valence-corrected chi connectivity index (χ0v) is 12.9. The second-order valence-electron chi connectivity index (χ2n) is 6.73. The molecule has 1 saturated carbocycles. The Kier molecular flexibility index (Phi) is 4.37. The Hall–Kier alpha value is -1.10. The molecular formula is C15H27N3O2. The molecule has 2 fully saturated rings. The first kappa shape index (κ1) is 15.3. The number of amides is 2. The molecule has 1 aliphatic heterocycles. The molecule has 5 nitrogen and oxygen atoms in total. The molecule has 0 spiro atoms. The highest BCUT2D eigenvalue weighted by molar-refractivity contribution is 5.92. The van der Waals surface area contributed by atoms with Crippen molar-refractivity contribution in [3.8, 4) is 0 Å². The first-order valence-electron chi connectivity index (χ1n) is 7.65. The number of carbonyl (C=O) groups is 2. The van der Waals surface area contributed by atoms with E-state index in [1.165, 1.54) is 0 Å². The van der Waals surface area contributed by atoms with Crippen LogP contribution in [-0.4, -0.2) is 53.8 Å². The summed E-state index contributed by atoms with van der Waals surface area (Å²) in [5.41, 5.74) is 4.99. The number of nitrogens with zero attached hydrogens (tertiary/aromatic N) is 2. The third kappa shape index (κ3) is 2.68. The molecule has 0 atom stereocenters. The number of piperazine rings is 1. The van der Waals surface area contributed by atoms with Crippen molar-refractivity contribution in [2.45, 2.75) is 45.1 Å². The van der Waals surface area contributed by atoms with Gasteiger partial charge in [0, 0.05) is 26.1 Å². The maximum atomic E-state index is 12.7. The molecule has 2 rings (SSSR count). The van der Waals surface area contributed by atoms with Gasteiger partial charge in [-0.1, -0.05) is 0 Å². The van der Waals surface area contributed by atoms with E-state index in [1.807, 2.05) is 13.8 Å². The minimum absolute atomic E-state index is 0.0349. The van der Waals surface area contributed by atoms with Crippen molar-refractivity contribution in [2.24, 2.45) is 17.6 Å². The van der Waals surface area contributed by atoms with E-state index >= 15 is 0 Å². The molecule has 0 bridgehead atoms. The van der Waals surface area contributed by atoms with Crippen molar-refractivity contribution >= 4 is 11.8 Å². The summed E-state index contributed by atoms with van der Waals surface area (Å²) in [7, 11) is 1.80. The van der Waals surface area contributed by atoms with Crippen LogP contribution in [-0.2, 0) is 9.59 Å². The maximum absolute atomic E-state index is 12.7. The third-order valence-corrected chi connectivity index (χ3v) is 5.00.